The van der Waals surface area contributed by atoms with Gasteiger partial charge in [0.05, 0.1) is 22.3 Å². The third kappa shape index (κ3) is 5.01. The van der Waals surface area contributed by atoms with Crippen molar-refractivity contribution in [1.29, 1.82) is 0 Å². The Labute approximate surface area is 126 Å². The van der Waals surface area contributed by atoms with Crippen LogP contribution in [0.1, 0.15) is 20.8 Å². The van der Waals surface area contributed by atoms with Crippen LogP contribution in [0.2, 0.25) is 37.8 Å². The lowest BCUT2D eigenvalue weighted by Gasteiger charge is -2.38. The van der Waals surface area contributed by atoms with E-state index in [4.69, 9.17) is 0 Å². The molecule has 1 heterocycles. The van der Waals surface area contributed by atoms with Crippen molar-refractivity contribution in [3.63, 3.8) is 0 Å². The molecule has 0 unspecified atom stereocenters. The Morgan fingerprint density at radius 2 is 1.55 bits per heavy atom. The Hall–Kier alpha value is -0.686. The molecule has 1 aromatic heterocycles. The summed E-state index contributed by atoms with van der Waals surface area (Å²) in [5.74, 6) is 1.07. The van der Waals surface area contributed by atoms with Crippen molar-refractivity contribution < 1.29 is 0 Å². The second-order valence-corrected chi connectivity index (χ2v) is 17.9. The van der Waals surface area contributed by atoms with Gasteiger partial charge >= 0.3 is 0 Å². The van der Waals surface area contributed by atoms with Gasteiger partial charge in [-0.3, -0.25) is 4.98 Å². The summed E-state index contributed by atoms with van der Waals surface area (Å²) >= 11 is 0. The molecule has 0 aliphatic rings. The van der Waals surface area contributed by atoms with Gasteiger partial charge in [0.2, 0.25) is 0 Å². The standard InChI is InChI=1S/C15H31N3Si2/c1-7-20(8-2,9-3)14-18(13-19(4,5)6)15-12-16-10-11-17-15/h10-12H,7-9,13-14H2,1-6H3. The van der Waals surface area contributed by atoms with E-state index in [0.29, 0.717) is 0 Å². The zero-order valence-corrected chi connectivity index (χ0v) is 16.1. The quantitative estimate of drug-likeness (QED) is 0.674. The molecule has 3 nitrogen and oxygen atoms in total. The van der Waals surface area contributed by atoms with E-state index in [2.05, 4.69) is 55.3 Å². The fourth-order valence-corrected chi connectivity index (χ4v) is 7.63. The van der Waals surface area contributed by atoms with Gasteiger partial charge in [-0.05, 0) is 0 Å². The lowest BCUT2D eigenvalue weighted by Crippen LogP contribution is -2.51. The minimum absolute atomic E-state index is 1.07. The second-order valence-electron chi connectivity index (χ2n) is 7.04. The number of rotatable bonds is 8. The third-order valence-electron chi connectivity index (χ3n) is 4.32. The first-order chi connectivity index (χ1) is 9.36. The highest BCUT2D eigenvalue weighted by Crippen LogP contribution is 2.24. The summed E-state index contributed by atoms with van der Waals surface area (Å²) in [7, 11) is -2.34. The molecule has 0 saturated carbocycles. The average Bonchev–Trinajstić information content (AvgIpc) is 2.43. The maximum atomic E-state index is 4.56. The lowest BCUT2D eigenvalue weighted by atomic mass is 10.6. The van der Waals surface area contributed by atoms with Crippen molar-refractivity contribution in [1.82, 2.24) is 9.97 Å². The first-order valence-corrected chi connectivity index (χ1v) is 14.4. The van der Waals surface area contributed by atoms with Gasteiger partial charge < -0.3 is 4.90 Å². The molecule has 0 spiro atoms. The van der Waals surface area contributed by atoms with Crippen LogP contribution in [0.25, 0.3) is 0 Å². The van der Waals surface area contributed by atoms with Crippen LogP contribution in [-0.2, 0) is 0 Å². The van der Waals surface area contributed by atoms with Gasteiger partial charge in [-0.1, -0.05) is 58.5 Å². The van der Waals surface area contributed by atoms with E-state index in [-0.39, 0.29) is 0 Å². The molecule has 1 rings (SSSR count). The normalized spacial score (nSPS) is 12.5. The Morgan fingerprint density at radius 3 is 1.95 bits per heavy atom. The Bertz CT molecular complexity index is 378. The summed E-state index contributed by atoms with van der Waals surface area (Å²) in [5, 5.41) is 0. The van der Waals surface area contributed by atoms with Gasteiger partial charge in [0, 0.05) is 24.7 Å². The summed E-state index contributed by atoms with van der Waals surface area (Å²) in [6.07, 6.45) is 7.93. The van der Waals surface area contributed by atoms with Crippen molar-refractivity contribution in [3.8, 4) is 0 Å². The maximum absolute atomic E-state index is 4.56. The summed E-state index contributed by atoms with van der Waals surface area (Å²) < 4.78 is 0. The topological polar surface area (TPSA) is 29.0 Å². The Morgan fingerprint density at radius 1 is 0.950 bits per heavy atom. The SMILES string of the molecule is CC[Si](CC)(CC)CN(C[Si](C)(C)C)c1cnccn1. The maximum Gasteiger partial charge on any atom is 0.146 e. The van der Waals surface area contributed by atoms with E-state index in [1.165, 1.54) is 30.5 Å². The fraction of sp³-hybridized carbons (Fsp3) is 0.733. The van der Waals surface area contributed by atoms with Crippen LogP contribution in [0.5, 0.6) is 0 Å². The van der Waals surface area contributed by atoms with Crippen LogP contribution >= 0.6 is 0 Å². The molecule has 0 saturated heterocycles. The second kappa shape index (κ2) is 7.36. The molecular formula is C15H31N3Si2. The molecule has 0 bridgehead atoms. The highest BCUT2D eigenvalue weighted by Gasteiger charge is 2.31. The summed E-state index contributed by atoms with van der Waals surface area (Å²) in [6.45, 7) is 14.4. The van der Waals surface area contributed by atoms with E-state index in [1.54, 1.807) is 6.20 Å². The summed E-state index contributed by atoms with van der Waals surface area (Å²) in [5.41, 5.74) is 0. The van der Waals surface area contributed by atoms with Crippen LogP contribution < -0.4 is 4.90 Å². The molecule has 0 fully saturated rings. The molecule has 0 amide bonds. The Balaban J connectivity index is 2.99. The van der Waals surface area contributed by atoms with Gasteiger partial charge in [-0.15, -0.1) is 0 Å². The largest absolute Gasteiger partial charge is 0.361 e. The van der Waals surface area contributed by atoms with E-state index in [1.807, 2.05) is 12.4 Å². The predicted octanol–water partition coefficient (Wildman–Crippen LogP) is 4.21. The fourth-order valence-electron chi connectivity index (χ4n) is 2.74. The van der Waals surface area contributed by atoms with Crippen molar-refractivity contribution in [3.05, 3.63) is 18.6 Å². The van der Waals surface area contributed by atoms with E-state index in [0.717, 1.165) is 5.82 Å². The van der Waals surface area contributed by atoms with Gasteiger partial charge in [0.25, 0.3) is 0 Å². The summed E-state index contributed by atoms with van der Waals surface area (Å²) in [6, 6.07) is 4.09. The molecule has 0 aromatic carbocycles. The van der Waals surface area contributed by atoms with Crippen molar-refractivity contribution >= 4 is 22.0 Å². The molecule has 0 radical (unpaired) electrons. The number of nitrogens with zero attached hydrogens (tertiary/aromatic N) is 3. The van der Waals surface area contributed by atoms with Gasteiger partial charge in [-0.25, -0.2) is 4.98 Å². The highest BCUT2D eigenvalue weighted by molar-refractivity contribution is 6.81. The van der Waals surface area contributed by atoms with Crippen LogP contribution in [0.4, 0.5) is 5.82 Å². The molecule has 0 aliphatic heterocycles. The zero-order valence-electron chi connectivity index (χ0n) is 14.1. The average molecular weight is 310 g/mol. The van der Waals surface area contributed by atoms with Crippen molar-refractivity contribution in [2.45, 2.75) is 58.5 Å². The van der Waals surface area contributed by atoms with Crippen molar-refractivity contribution in [2.24, 2.45) is 0 Å². The molecular weight excluding hydrogens is 278 g/mol. The van der Waals surface area contributed by atoms with Gasteiger partial charge in [0.1, 0.15) is 5.82 Å². The minimum Gasteiger partial charge on any atom is -0.361 e. The van der Waals surface area contributed by atoms with E-state index in [9.17, 15) is 0 Å². The lowest BCUT2D eigenvalue weighted by molar-refractivity contribution is 0.925. The predicted molar refractivity (Wildman–Crippen MR) is 94.8 cm³/mol. The zero-order chi connectivity index (χ0) is 15.2. The highest BCUT2D eigenvalue weighted by atomic mass is 28.3. The van der Waals surface area contributed by atoms with Gasteiger partial charge in [-0.2, -0.15) is 0 Å². The molecule has 1 aromatic rings. The first kappa shape index (κ1) is 17.4. The van der Waals surface area contributed by atoms with Crippen LogP contribution in [0.15, 0.2) is 18.6 Å². The molecule has 0 atom stereocenters. The van der Waals surface area contributed by atoms with Crippen LogP contribution in [-0.4, -0.2) is 38.5 Å². The molecule has 114 valence electrons. The monoisotopic (exact) mass is 309 g/mol. The van der Waals surface area contributed by atoms with Crippen LogP contribution in [0, 0.1) is 0 Å². The smallest absolute Gasteiger partial charge is 0.146 e. The molecule has 5 heteroatoms. The third-order valence-corrected chi connectivity index (χ3v) is 11.2. The molecule has 20 heavy (non-hydrogen) atoms. The van der Waals surface area contributed by atoms with Crippen LogP contribution in [0.3, 0.4) is 0 Å². The van der Waals surface area contributed by atoms with E-state index >= 15 is 0 Å². The van der Waals surface area contributed by atoms with Gasteiger partial charge in [0.15, 0.2) is 0 Å². The minimum atomic E-state index is -1.18. The first-order valence-electron chi connectivity index (χ1n) is 7.87. The molecule has 0 N–H and O–H groups in total. The Kier molecular flexibility index (Phi) is 6.39. The molecule has 0 aliphatic carbocycles. The van der Waals surface area contributed by atoms with Crippen molar-refractivity contribution in [2.75, 3.05) is 17.2 Å². The number of hydrogen-bond acceptors (Lipinski definition) is 3. The summed E-state index contributed by atoms with van der Waals surface area (Å²) in [4.78, 5) is 11.4. The number of hydrogen-bond donors (Lipinski definition) is 0. The number of aromatic nitrogens is 2. The number of anilines is 1. The van der Waals surface area contributed by atoms with E-state index < -0.39 is 16.1 Å².